The van der Waals surface area contributed by atoms with E-state index in [-0.39, 0.29) is 5.91 Å². The van der Waals surface area contributed by atoms with E-state index in [1.165, 1.54) is 75.8 Å². The van der Waals surface area contributed by atoms with Crippen LogP contribution in [0.2, 0.25) is 0 Å². The second-order valence-electron chi connectivity index (χ2n) is 13.7. The molecule has 2 N–H and O–H groups in total. The van der Waals surface area contributed by atoms with E-state index in [1.807, 2.05) is 0 Å². The van der Waals surface area contributed by atoms with Gasteiger partial charge in [-0.1, -0.05) is 96.1 Å². The van der Waals surface area contributed by atoms with E-state index in [9.17, 15) is 4.79 Å². The first-order valence-electron chi connectivity index (χ1n) is 17.3. The molecule has 0 saturated carbocycles. The van der Waals surface area contributed by atoms with E-state index in [1.54, 1.807) is 24.6 Å². The third kappa shape index (κ3) is 9.40. The summed E-state index contributed by atoms with van der Waals surface area (Å²) in [5.74, 6) is -0.00821. The Hall–Kier alpha value is -3.73. The number of hydrogen-bond donors (Lipinski definition) is 1. The quantitative estimate of drug-likeness (QED) is 0.159. The molecule has 4 aromatic rings. The van der Waals surface area contributed by atoms with Gasteiger partial charge in [-0.15, -0.1) is 0 Å². The Labute approximate surface area is 277 Å². The highest BCUT2D eigenvalue weighted by molar-refractivity contribution is 5.81. The van der Waals surface area contributed by atoms with Crippen molar-refractivity contribution in [2.75, 3.05) is 20.6 Å². The maximum atomic E-state index is 12.7. The molecule has 0 radical (unpaired) electrons. The van der Waals surface area contributed by atoms with Crippen LogP contribution in [0.25, 0.3) is 0 Å². The number of aryl methyl sites for hydroxylation is 8. The van der Waals surface area contributed by atoms with Gasteiger partial charge in [0.05, 0.1) is 6.04 Å². The van der Waals surface area contributed by atoms with Gasteiger partial charge in [0.25, 0.3) is 0 Å². The number of benzene rings is 4. The summed E-state index contributed by atoms with van der Waals surface area (Å²) in [5, 5.41) is 0. The number of nitrogens with zero attached hydrogens (tertiary/aromatic N) is 2. The first-order chi connectivity index (χ1) is 22.2. The number of nitrogens with two attached hydrogens (primary N) is 1. The summed E-state index contributed by atoms with van der Waals surface area (Å²) in [6.07, 6.45) is 9.65. The van der Waals surface area contributed by atoms with E-state index < -0.39 is 6.04 Å². The fourth-order valence-corrected chi connectivity index (χ4v) is 6.99. The van der Waals surface area contributed by atoms with Gasteiger partial charge in [-0.25, -0.2) is 0 Å². The van der Waals surface area contributed by atoms with Gasteiger partial charge in [-0.05, 0) is 116 Å². The number of carbonyl (C=O) groups excluding carboxylic acids is 1. The van der Waals surface area contributed by atoms with Gasteiger partial charge in [0.1, 0.15) is 0 Å². The number of hydrogen-bond acceptors (Lipinski definition) is 3. The molecule has 1 unspecified atom stereocenters. The molecule has 4 heteroatoms. The first-order valence-corrected chi connectivity index (χ1v) is 17.3. The summed E-state index contributed by atoms with van der Waals surface area (Å²) < 4.78 is 0. The zero-order valence-electron chi connectivity index (χ0n) is 28.5. The van der Waals surface area contributed by atoms with Gasteiger partial charge >= 0.3 is 0 Å². The molecule has 0 fully saturated rings. The van der Waals surface area contributed by atoms with Crippen LogP contribution < -0.4 is 5.73 Å². The molecule has 4 nitrogen and oxygen atoms in total. The molecule has 1 atom stereocenters. The molecule has 1 aliphatic rings. The van der Waals surface area contributed by atoms with Crippen LogP contribution in [0.3, 0.4) is 0 Å². The van der Waals surface area contributed by atoms with Crippen LogP contribution in [-0.4, -0.2) is 42.4 Å². The molecule has 0 aliphatic heterocycles. The lowest BCUT2D eigenvalue weighted by Gasteiger charge is -2.28. The molecule has 46 heavy (non-hydrogen) atoms. The van der Waals surface area contributed by atoms with Gasteiger partial charge in [0, 0.05) is 33.7 Å². The summed E-state index contributed by atoms with van der Waals surface area (Å²) >= 11 is 0. The maximum Gasteiger partial charge on any atom is 0.239 e. The molecular weight excluding hydrogens is 562 g/mol. The first kappa shape index (κ1) is 33.6. The smallest absolute Gasteiger partial charge is 0.239 e. The van der Waals surface area contributed by atoms with Crippen molar-refractivity contribution < 1.29 is 4.79 Å². The van der Waals surface area contributed by atoms with Crippen molar-refractivity contribution in [1.82, 2.24) is 9.80 Å². The molecule has 1 amide bonds. The molecule has 4 aromatic carbocycles. The van der Waals surface area contributed by atoms with Crippen molar-refractivity contribution in [1.29, 1.82) is 0 Å². The van der Waals surface area contributed by atoms with Gasteiger partial charge in [-0.2, -0.15) is 0 Å². The number of fused-ring (bicyclic) bond motifs is 1. The molecule has 0 bridgehead atoms. The van der Waals surface area contributed by atoms with Crippen molar-refractivity contribution in [2.24, 2.45) is 5.73 Å². The molecule has 0 spiro atoms. The van der Waals surface area contributed by atoms with Crippen LogP contribution in [-0.2, 0) is 56.4 Å². The Morgan fingerprint density at radius 3 is 1.80 bits per heavy atom. The lowest BCUT2D eigenvalue weighted by molar-refractivity contribution is -0.130. The molecule has 1 aliphatic carbocycles. The third-order valence-electron chi connectivity index (χ3n) is 9.62. The predicted molar refractivity (Wildman–Crippen MR) is 192 cm³/mol. The van der Waals surface area contributed by atoms with Crippen LogP contribution >= 0.6 is 0 Å². The van der Waals surface area contributed by atoms with Crippen molar-refractivity contribution >= 4 is 5.91 Å². The third-order valence-corrected chi connectivity index (χ3v) is 9.62. The summed E-state index contributed by atoms with van der Waals surface area (Å²) in [5.41, 5.74) is 20.6. The molecule has 0 heterocycles. The number of likely N-dealkylation sites (N-methyl/N-ethyl adjacent to an activating group) is 1. The highest BCUT2D eigenvalue weighted by Crippen LogP contribution is 2.28. The van der Waals surface area contributed by atoms with Crippen molar-refractivity contribution in [3.8, 4) is 0 Å². The van der Waals surface area contributed by atoms with Gasteiger partial charge in [-0.3, -0.25) is 9.69 Å². The Morgan fingerprint density at radius 2 is 1.22 bits per heavy atom. The minimum absolute atomic E-state index is 0.00821. The maximum absolute atomic E-state index is 12.7. The Morgan fingerprint density at radius 1 is 0.674 bits per heavy atom. The van der Waals surface area contributed by atoms with Gasteiger partial charge < -0.3 is 10.6 Å². The van der Waals surface area contributed by atoms with E-state index in [0.717, 1.165) is 45.3 Å². The summed E-state index contributed by atoms with van der Waals surface area (Å²) in [4.78, 5) is 16.9. The molecule has 5 rings (SSSR count). The van der Waals surface area contributed by atoms with Crippen LogP contribution in [0, 0.1) is 13.8 Å². The second-order valence-corrected chi connectivity index (χ2v) is 13.7. The van der Waals surface area contributed by atoms with Crippen LogP contribution in [0.5, 0.6) is 0 Å². The minimum Gasteiger partial charge on any atom is -0.347 e. The molecular formula is C42H53N3O. The molecule has 242 valence electrons. The number of rotatable bonds is 14. The van der Waals surface area contributed by atoms with E-state index >= 15 is 0 Å². The average molecular weight is 616 g/mol. The zero-order valence-corrected chi connectivity index (χ0v) is 28.5. The van der Waals surface area contributed by atoms with Crippen LogP contribution in [0.4, 0.5) is 0 Å². The van der Waals surface area contributed by atoms with Gasteiger partial charge in [0.2, 0.25) is 5.91 Å². The fourth-order valence-electron chi connectivity index (χ4n) is 6.99. The number of carbonyl (C=O) groups is 1. The minimum atomic E-state index is -0.501. The van der Waals surface area contributed by atoms with Crippen LogP contribution in [0.15, 0.2) is 84.9 Å². The summed E-state index contributed by atoms with van der Waals surface area (Å²) in [7, 11) is 3.58. The lowest BCUT2D eigenvalue weighted by Crippen LogP contribution is -2.42. The van der Waals surface area contributed by atoms with Crippen molar-refractivity contribution in [3.63, 3.8) is 0 Å². The average Bonchev–Trinajstić information content (AvgIpc) is 3.05. The van der Waals surface area contributed by atoms with Crippen LogP contribution in [0.1, 0.15) is 74.9 Å². The van der Waals surface area contributed by atoms with Crippen molar-refractivity contribution in [3.05, 3.63) is 141 Å². The topological polar surface area (TPSA) is 49.6 Å². The molecule has 0 saturated heterocycles. The Balaban J connectivity index is 1.41. The number of amides is 1. The van der Waals surface area contributed by atoms with Crippen molar-refractivity contribution in [2.45, 2.75) is 90.8 Å². The fraction of sp³-hybridized carbons (Fsp3) is 0.405. The lowest BCUT2D eigenvalue weighted by atomic mass is 9.86. The monoisotopic (exact) mass is 615 g/mol. The standard InChI is InChI=1S/C42H53N3O/c1-31-11-9-13-33(25-31)19-21-35-15-5-8-18-39(35)29-45(24-23-41(43)42(46)44(3)4)30-40-28-37-17-7-6-16-36(37)27-38(40)22-20-34-14-10-12-32(2)26-34/h5,8-15,18,25-28,41H,6-7,16-17,19-24,29-30,43H2,1-4H3. The summed E-state index contributed by atoms with van der Waals surface area (Å²) in [6, 6.07) is 31.2. The van der Waals surface area contributed by atoms with E-state index in [0.29, 0.717) is 6.42 Å². The van der Waals surface area contributed by atoms with Gasteiger partial charge in [0.15, 0.2) is 0 Å². The normalized spacial score (nSPS) is 13.4. The SMILES string of the molecule is Cc1cccc(CCc2ccccc2CN(CCC(N)C(=O)N(C)C)Cc2cc3c(cc2CCc2cccc(C)c2)CCCC3)c1. The Bertz CT molecular complexity index is 1610. The summed E-state index contributed by atoms with van der Waals surface area (Å²) in [6.45, 7) is 6.79. The zero-order chi connectivity index (χ0) is 32.5. The van der Waals surface area contributed by atoms with E-state index in [2.05, 4.69) is 104 Å². The largest absolute Gasteiger partial charge is 0.347 e. The predicted octanol–water partition coefficient (Wildman–Crippen LogP) is 7.56. The molecule has 0 aromatic heterocycles. The second kappa shape index (κ2) is 16.2. The van der Waals surface area contributed by atoms with E-state index in [4.69, 9.17) is 5.73 Å². The Kier molecular flexibility index (Phi) is 11.8. The highest BCUT2D eigenvalue weighted by Gasteiger charge is 2.20. The highest BCUT2D eigenvalue weighted by atomic mass is 16.2.